The van der Waals surface area contributed by atoms with Crippen molar-refractivity contribution in [2.45, 2.75) is 24.3 Å². The van der Waals surface area contributed by atoms with Gasteiger partial charge in [0.05, 0.1) is 0 Å². The smallest absolute Gasteiger partial charge is 0.0262 e. The van der Waals surface area contributed by atoms with E-state index in [2.05, 4.69) is 54.7 Å². The maximum absolute atomic E-state index is 2.34. The van der Waals surface area contributed by atoms with E-state index in [1.54, 1.807) is 16.7 Å². The van der Waals surface area contributed by atoms with Crippen LogP contribution in [0.4, 0.5) is 0 Å². The molecule has 3 rings (SSSR count). The van der Waals surface area contributed by atoms with Crippen LogP contribution in [0.3, 0.4) is 0 Å². The van der Waals surface area contributed by atoms with E-state index in [1.807, 2.05) is 0 Å². The molecule has 0 fully saturated rings. The van der Waals surface area contributed by atoms with Gasteiger partial charge in [0.25, 0.3) is 0 Å². The van der Waals surface area contributed by atoms with Gasteiger partial charge in [-0.1, -0.05) is 71.4 Å². The number of allylic oxidation sites excluding steroid dienone is 12. The fourth-order valence-corrected chi connectivity index (χ4v) is 4.19. The first kappa shape index (κ1) is 10.8. The summed E-state index contributed by atoms with van der Waals surface area (Å²) in [6.07, 6.45) is 23.9. The topological polar surface area (TPSA) is 0 Å². The van der Waals surface area contributed by atoms with Crippen molar-refractivity contribution < 1.29 is 0 Å². The highest BCUT2D eigenvalue weighted by molar-refractivity contribution is 6.22. The number of hydrogen-bond acceptors (Lipinski definition) is 0. The van der Waals surface area contributed by atoms with Gasteiger partial charge in [0.15, 0.2) is 0 Å². The van der Waals surface area contributed by atoms with Crippen LogP contribution in [-0.4, -0.2) is 10.2 Å². The van der Waals surface area contributed by atoms with Crippen molar-refractivity contribution in [1.82, 2.24) is 0 Å². The molecule has 0 saturated carbocycles. The Morgan fingerprint density at radius 3 is 1.29 bits per heavy atom. The molecular weight excluding hydrogens is 220 g/mol. The van der Waals surface area contributed by atoms with Crippen LogP contribution in [0.25, 0.3) is 0 Å². The second-order valence-electron chi connectivity index (χ2n) is 5.10. The summed E-state index contributed by atoms with van der Waals surface area (Å²) in [6.45, 7) is 0. The standard InChI is InChI=1S/C16H18Si/c17-16(13-7-1-2-8-13,14-9-3-4-10-14)15-11-5-6-12-15/h1-7,9,11H,8,10,12H2,17H3. The molecule has 1 heteroatoms. The summed E-state index contributed by atoms with van der Waals surface area (Å²) in [5.74, 6) is 0. The largest absolute Gasteiger partial charge is 0.0804 e. The molecule has 0 nitrogen and oxygen atoms in total. The first-order chi connectivity index (χ1) is 8.32. The summed E-state index contributed by atoms with van der Waals surface area (Å²) in [6, 6.07) is 0. The molecule has 0 saturated heterocycles. The lowest BCUT2D eigenvalue weighted by atomic mass is 9.81. The SMILES string of the molecule is [SiH3]C(C1=CC=CC1)(C1=CC=CC1)C1=CC=CC1. The first-order valence-electron chi connectivity index (χ1n) is 6.40. The monoisotopic (exact) mass is 238 g/mol. The summed E-state index contributed by atoms with van der Waals surface area (Å²) in [4.78, 5) is 0. The molecule has 0 aliphatic heterocycles. The average molecular weight is 238 g/mol. The predicted octanol–water partition coefficient (Wildman–Crippen LogP) is 3.17. The quantitative estimate of drug-likeness (QED) is 0.663. The lowest BCUT2D eigenvalue weighted by molar-refractivity contribution is 0.803. The van der Waals surface area contributed by atoms with Crippen LogP contribution in [0.1, 0.15) is 19.3 Å². The molecule has 3 aliphatic rings. The fraction of sp³-hybridized carbons (Fsp3) is 0.250. The van der Waals surface area contributed by atoms with Gasteiger partial charge in [-0.2, -0.15) is 0 Å². The minimum Gasteiger partial charge on any atom is -0.0804 e. The highest BCUT2D eigenvalue weighted by Crippen LogP contribution is 2.53. The zero-order valence-corrected chi connectivity index (χ0v) is 12.3. The summed E-state index contributed by atoms with van der Waals surface area (Å²) in [5, 5.41) is 0.274. The Kier molecular flexibility index (Phi) is 2.64. The predicted molar refractivity (Wildman–Crippen MR) is 78.2 cm³/mol. The van der Waals surface area contributed by atoms with Gasteiger partial charge in [0, 0.05) is 15.3 Å². The molecule has 0 aromatic heterocycles. The molecule has 0 unspecified atom stereocenters. The Labute approximate surface area is 106 Å². The Hall–Kier alpha value is -1.34. The van der Waals surface area contributed by atoms with Crippen LogP contribution in [0, 0.1) is 0 Å². The summed E-state index contributed by atoms with van der Waals surface area (Å²) >= 11 is 0. The second kappa shape index (κ2) is 4.15. The molecule has 0 amide bonds. The highest BCUT2D eigenvalue weighted by Gasteiger charge is 2.36. The van der Waals surface area contributed by atoms with Crippen molar-refractivity contribution >= 4 is 10.2 Å². The Bertz CT molecular complexity index is 436. The number of rotatable bonds is 3. The lowest BCUT2D eigenvalue weighted by Gasteiger charge is -2.35. The maximum Gasteiger partial charge on any atom is 0.0262 e. The molecule has 0 aromatic rings. The van der Waals surface area contributed by atoms with E-state index in [-0.39, 0.29) is 5.04 Å². The fourth-order valence-electron chi connectivity index (χ4n) is 3.07. The van der Waals surface area contributed by atoms with Crippen molar-refractivity contribution in [2.24, 2.45) is 0 Å². The van der Waals surface area contributed by atoms with E-state index < -0.39 is 0 Å². The third-order valence-corrected chi connectivity index (χ3v) is 6.17. The summed E-state index contributed by atoms with van der Waals surface area (Å²) < 4.78 is 0. The molecule has 0 N–H and O–H groups in total. The number of hydrogen-bond donors (Lipinski definition) is 0. The highest BCUT2D eigenvalue weighted by atomic mass is 28.1. The lowest BCUT2D eigenvalue weighted by Crippen LogP contribution is -2.20. The molecule has 3 aliphatic carbocycles. The molecule has 0 heterocycles. The van der Waals surface area contributed by atoms with E-state index in [0.29, 0.717) is 0 Å². The van der Waals surface area contributed by atoms with E-state index in [0.717, 1.165) is 19.3 Å². The van der Waals surface area contributed by atoms with Crippen molar-refractivity contribution in [3.8, 4) is 0 Å². The average Bonchev–Trinajstić information content (AvgIpc) is 3.10. The van der Waals surface area contributed by atoms with E-state index in [9.17, 15) is 0 Å². The third-order valence-electron chi connectivity index (χ3n) is 4.24. The molecule has 17 heavy (non-hydrogen) atoms. The van der Waals surface area contributed by atoms with Crippen LogP contribution in [-0.2, 0) is 0 Å². The Balaban J connectivity index is 2.01. The van der Waals surface area contributed by atoms with Crippen molar-refractivity contribution in [3.63, 3.8) is 0 Å². The normalized spacial score (nSPS) is 22.2. The molecule has 0 atom stereocenters. The van der Waals surface area contributed by atoms with Crippen LogP contribution in [0.2, 0.25) is 5.04 Å². The molecule has 0 spiro atoms. The van der Waals surface area contributed by atoms with Gasteiger partial charge in [-0.3, -0.25) is 0 Å². The van der Waals surface area contributed by atoms with E-state index in [4.69, 9.17) is 0 Å². The van der Waals surface area contributed by atoms with Crippen LogP contribution in [0.5, 0.6) is 0 Å². The zero-order chi connectivity index (χ0) is 11.7. The Morgan fingerprint density at radius 2 is 1.06 bits per heavy atom. The third kappa shape index (κ3) is 1.66. The van der Waals surface area contributed by atoms with Crippen molar-refractivity contribution in [3.05, 3.63) is 71.4 Å². The van der Waals surface area contributed by atoms with Crippen molar-refractivity contribution in [2.75, 3.05) is 0 Å². The summed E-state index contributed by atoms with van der Waals surface area (Å²) in [5.41, 5.74) is 4.82. The zero-order valence-electron chi connectivity index (χ0n) is 10.3. The minimum absolute atomic E-state index is 0.274. The van der Waals surface area contributed by atoms with E-state index in [1.165, 1.54) is 10.2 Å². The van der Waals surface area contributed by atoms with Crippen LogP contribution < -0.4 is 0 Å². The first-order valence-corrected chi connectivity index (χ1v) is 7.40. The van der Waals surface area contributed by atoms with Gasteiger partial charge < -0.3 is 0 Å². The van der Waals surface area contributed by atoms with E-state index >= 15 is 0 Å². The maximum atomic E-state index is 2.34. The minimum atomic E-state index is 0.274. The molecule has 0 radical (unpaired) electrons. The van der Waals surface area contributed by atoms with Gasteiger partial charge >= 0.3 is 0 Å². The van der Waals surface area contributed by atoms with Gasteiger partial charge in [0.1, 0.15) is 0 Å². The molecule has 0 aromatic carbocycles. The summed E-state index contributed by atoms with van der Waals surface area (Å²) in [7, 11) is 1.17. The van der Waals surface area contributed by atoms with Crippen molar-refractivity contribution in [1.29, 1.82) is 0 Å². The van der Waals surface area contributed by atoms with Crippen LogP contribution in [0.15, 0.2) is 71.4 Å². The van der Waals surface area contributed by atoms with Gasteiger partial charge in [-0.25, -0.2) is 0 Å². The molecular formula is C16H18Si. The molecule has 0 bridgehead atoms. The molecule has 86 valence electrons. The Morgan fingerprint density at radius 1 is 0.706 bits per heavy atom. The van der Waals surface area contributed by atoms with Crippen LogP contribution >= 0.6 is 0 Å². The second-order valence-corrected chi connectivity index (χ2v) is 6.60. The van der Waals surface area contributed by atoms with Gasteiger partial charge in [-0.05, 0) is 19.3 Å². The van der Waals surface area contributed by atoms with Gasteiger partial charge in [-0.15, -0.1) is 0 Å². The van der Waals surface area contributed by atoms with Gasteiger partial charge in [0.2, 0.25) is 0 Å².